The third-order valence-electron chi connectivity index (χ3n) is 5.98. The fraction of sp³-hybridized carbons (Fsp3) is 0.440. The fourth-order valence-electron chi connectivity index (χ4n) is 4.25. The smallest absolute Gasteiger partial charge is 0.225 e. The summed E-state index contributed by atoms with van der Waals surface area (Å²) in [7, 11) is 1.58. The molecule has 1 saturated heterocycles. The van der Waals surface area contributed by atoms with E-state index in [1.807, 2.05) is 24.3 Å². The summed E-state index contributed by atoms with van der Waals surface area (Å²) < 4.78 is 18.7. The SMILES string of the molecule is CCCCN1C(=O)CCC(C(=O)NCC(O)c2ccc(F)cc2)C1c1ccccc1OC. The maximum absolute atomic E-state index is 13.2. The number of unbranched alkanes of at least 4 members (excludes halogenated alkanes) is 1. The molecule has 0 aliphatic carbocycles. The highest BCUT2D eigenvalue weighted by Crippen LogP contribution is 2.40. The Bertz CT molecular complexity index is 918. The highest BCUT2D eigenvalue weighted by molar-refractivity contribution is 5.85. The quantitative estimate of drug-likeness (QED) is 0.620. The molecule has 172 valence electrons. The van der Waals surface area contributed by atoms with E-state index in [4.69, 9.17) is 4.74 Å². The van der Waals surface area contributed by atoms with Gasteiger partial charge in [-0.1, -0.05) is 43.7 Å². The molecule has 0 spiro atoms. The lowest BCUT2D eigenvalue weighted by Crippen LogP contribution is -2.48. The number of para-hydroxylation sites is 1. The van der Waals surface area contributed by atoms with E-state index in [0.717, 1.165) is 18.4 Å². The molecule has 3 unspecified atom stereocenters. The third kappa shape index (κ3) is 5.46. The summed E-state index contributed by atoms with van der Waals surface area (Å²) in [5.74, 6) is -0.413. The maximum atomic E-state index is 13.2. The third-order valence-corrected chi connectivity index (χ3v) is 5.98. The van der Waals surface area contributed by atoms with Crippen molar-refractivity contribution in [3.63, 3.8) is 0 Å². The molecule has 6 nitrogen and oxygen atoms in total. The number of nitrogens with zero attached hydrogens (tertiary/aromatic N) is 1. The summed E-state index contributed by atoms with van der Waals surface area (Å²) in [6.07, 6.45) is 1.54. The first-order valence-corrected chi connectivity index (χ1v) is 11.1. The van der Waals surface area contributed by atoms with Gasteiger partial charge in [-0.3, -0.25) is 9.59 Å². The first kappa shape index (κ1) is 23.7. The Morgan fingerprint density at radius 2 is 1.97 bits per heavy atom. The number of halogens is 1. The predicted octanol–water partition coefficient (Wildman–Crippen LogP) is 3.76. The van der Waals surface area contributed by atoms with E-state index < -0.39 is 18.1 Å². The molecular weight excluding hydrogens is 411 g/mol. The van der Waals surface area contributed by atoms with Gasteiger partial charge in [-0.05, 0) is 36.6 Å². The molecule has 1 heterocycles. The standard InChI is InChI=1S/C25H31FN2O4/c1-3-4-15-28-23(30)14-13-20(24(28)19-7-5-6-8-22(19)32-2)25(31)27-16-21(29)17-9-11-18(26)12-10-17/h5-12,20-21,24,29H,3-4,13-16H2,1-2H3,(H,27,31). The van der Waals surface area contributed by atoms with E-state index in [2.05, 4.69) is 12.2 Å². The number of hydrogen-bond acceptors (Lipinski definition) is 4. The predicted molar refractivity (Wildman–Crippen MR) is 119 cm³/mol. The number of carbonyl (C=O) groups excluding carboxylic acids is 2. The van der Waals surface area contributed by atoms with E-state index in [-0.39, 0.29) is 24.2 Å². The van der Waals surface area contributed by atoms with Crippen LogP contribution in [0.3, 0.4) is 0 Å². The van der Waals surface area contributed by atoms with Crippen LogP contribution in [0, 0.1) is 11.7 Å². The number of aliphatic hydroxyl groups is 1. The molecule has 0 radical (unpaired) electrons. The summed E-state index contributed by atoms with van der Waals surface area (Å²) in [6.45, 7) is 2.64. The van der Waals surface area contributed by atoms with Crippen LogP contribution >= 0.6 is 0 Å². The molecule has 2 aromatic carbocycles. The molecule has 7 heteroatoms. The van der Waals surface area contributed by atoms with Crippen LogP contribution in [0.1, 0.15) is 55.9 Å². The van der Waals surface area contributed by atoms with Crippen molar-refractivity contribution in [1.29, 1.82) is 0 Å². The van der Waals surface area contributed by atoms with Crippen molar-refractivity contribution in [2.75, 3.05) is 20.2 Å². The Kier molecular flexibility index (Phi) is 8.22. The summed E-state index contributed by atoms with van der Waals surface area (Å²) in [4.78, 5) is 27.8. The topological polar surface area (TPSA) is 78.9 Å². The lowest BCUT2D eigenvalue weighted by molar-refractivity contribution is -0.143. The Hall–Kier alpha value is -2.93. The number of rotatable bonds is 9. The van der Waals surface area contributed by atoms with Gasteiger partial charge in [0.25, 0.3) is 0 Å². The largest absolute Gasteiger partial charge is 0.496 e. The number of ether oxygens (including phenoxy) is 1. The molecule has 32 heavy (non-hydrogen) atoms. The van der Waals surface area contributed by atoms with E-state index in [9.17, 15) is 19.1 Å². The van der Waals surface area contributed by atoms with Crippen molar-refractivity contribution < 1.29 is 23.8 Å². The van der Waals surface area contributed by atoms with Gasteiger partial charge >= 0.3 is 0 Å². The van der Waals surface area contributed by atoms with Crippen LogP contribution in [0.4, 0.5) is 4.39 Å². The average molecular weight is 443 g/mol. The zero-order valence-electron chi connectivity index (χ0n) is 18.6. The van der Waals surface area contributed by atoms with E-state index in [0.29, 0.717) is 30.7 Å². The van der Waals surface area contributed by atoms with E-state index in [1.54, 1.807) is 12.0 Å². The zero-order chi connectivity index (χ0) is 23.1. The first-order chi connectivity index (χ1) is 15.5. The Morgan fingerprint density at radius 1 is 1.25 bits per heavy atom. The normalized spacial score (nSPS) is 19.5. The molecule has 2 aromatic rings. The number of benzene rings is 2. The number of carbonyl (C=O) groups is 2. The van der Waals surface area contributed by atoms with Gasteiger partial charge in [0, 0.05) is 25.1 Å². The van der Waals surface area contributed by atoms with Gasteiger partial charge in [-0.2, -0.15) is 0 Å². The van der Waals surface area contributed by atoms with Crippen molar-refractivity contribution in [3.8, 4) is 5.75 Å². The molecule has 1 aliphatic rings. The van der Waals surface area contributed by atoms with Gasteiger partial charge < -0.3 is 20.1 Å². The number of methoxy groups -OCH3 is 1. The molecule has 2 N–H and O–H groups in total. The van der Waals surface area contributed by atoms with Crippen LogP contribution < -0.4 is 10.1 Å². The second-order valence-electron chi connectivity index (χ2n) is 8.09. The first-order valence-electron chi connectivity index (χ1n) is 11.1. The van der Waals surface area contributed by atoms with Crippen molar-refractivity contribution in [2.45, 2.75) is 44.8 Å². The van der Waals surface area contributed by atoms with Crippen LogP contribution in [0.5, 0.6) is 5.75 Å². The molecular formula is C25H31FN2O4. The summed E-state index contributed by atoms with van der Waals surface area (Å²) >= 11 is 0. The molecule has 0 aromatic heterocycles. The Labute approximate surface area is 188 Å². The van der Waals surface area contributed by atoms with Crippen molar-refractivity contribution in [3.05, 3.63) is 65.5 Å². The summed E-state index contributed by atoms with van der Waals surface area (Å²) in [5.41, 5.74) is 1.33. The molecule has 3 atom stereocenters. The van der Waals surface area contributed by atoms with Crippen molar-refractivity contribution >= 4 is 11.8 Å². The summed E-state index contributed by atoms with van der Waals surface area (Å²) in [6, 6.07) is 12.6. The van der Waals surface area contributed by atoms with Gasteiger partial charge in [0.2, 0.25) is 11.8 Å². The van der Waals surface area contributed by atoms with Crippen LogP contribution in [0.15, 0.2) is 48.5 Å². The summed E-state index contributed by atoms with van der Waals surface area (Å²) in [5, 5.41) is 13.2. The van der Waals surface area contributed by atoms with Gasteiger partial charge in [-0.15, -0.1) is 0 Å². The maximum Gasteiger partial charge on any atom is 0.225 e. The molecule has 0 saturated carbocycles. The number of amides is 2. The van der Waals surface area contributed by atoms with E-state index in [1.165, 1.54) is 24.3 Å². The minimum Gasteiger partial charge on any atom is -0.496 e. The number of piperidine rings is 1. The monoisotopic (exact) mass is 442 g/mol. The number of aliphatic hydroxyl groups excluding tert-OH is 1. The van der Waals surface area contributed by atoms with Crippen LogP contribution in [0.2, 0.25) is 0 Å². The Balaban J connectivity index is 1.82. The number of likely N-dealkylation sites (tertiary alicyclic amines) is 1. The van der Waals surface area contributed by atoms with E-state index >= 15 is 0 Å². The fourth-order valence-corrected chi connectivity index (χ4v) is 4.25. The lowest BCUT2D eigenvalue weighted by atomic mass is 9.83. The average Bonchev–Trinajstić information content (AvgIpc) is 2.81. The Morgan fingerprint density at radius 3 is 2.66 bits per heavy atom. The number of hydrogen-bond donors (Lipinski definition) is 2. The molecule has 1 fully saturated rings. The molecule has 3 rings (SSSR count). The van der Waals surface area contributed by atoms with Gasteiger partial charge in [0.05, 0.1) is 25.2 Å². The molecule has 1 aliphatic heterocycles. The van der Waals surface area contributed by atoms with Crippen LogP contribution in [-0.2, 0) is 9.59 Å². The van der Waals surface area contributed by atoms with Crippen LogP contribution in [-0.4, -0.2) is 42.0 Å². The van der Waals surface area contributed by atoms with Crippen molar-refractivity contribution in [1.82, 2.24) is 10.2 Å². The lowest BCUT2D eigenvalue weighted by Gasteiger charge is -2.41. The zero-order valence-corrected chi connectivity index (χ0v) is 18.6. The second-order valence-corrected chi connectivity index (χ2v) is 8.09. The molecule has 2 amide bonds. The highest BCUT2D eigenvalue weighted by atomic mass is 19.1. The minimum atomic E-state index is -0.953. The minimum absolute atomic E-state index is 0.00250. The number of nitrogens with one attached hydrogen (secondary N) is 1. The van der Waals surface area contributed by atoms with Crippen LogP contribution in [0.25, 0.3) is 0 Å². The molecule has 0 bridgehead atoms. The van der Waals surface area contributed by atoms with Crippen molar-refractivity contribution in [2.24, 2.45) is 5.92 Å². The second kappa shape index (κ2) is 11.1. The highest BCUT2D eigenvalue weighted by Gasteiger charge is 2.41. The van der Waals surface area contributed by atoms with Gasteiger partial charge in [0.15, 0.2) is 0 Å². The van der Waals surface area contributed by atoms with Gasteiger partial charge in [-0.25, -0.2) is 4.39 Å². The van der Waals surface area contributed by atoms with Gasteiger partial charge in [0.1, 0.15) is 11.6 Å².